The number of hydrogen-bond acceptors (Lipinski definition) is 6. The summed E-state index contributed by atoms with van der Waals surface area (Å²) < 4.78 is 67.7. The number of nitrogens with zero attached hydrogens (tertiary/aromatic N) is 3. The zero-order valence-electron chi connectivity index (χ0n) is 16.5. The Morgan fingerprint density at radius 2 is 1.75 bits per heavy atom. The number of carbonyl (C=O) groups excluding carboxylic acids is 1. The van der Waals surface area contributed by atoms with E-state index >= 15 is 0 Å². The van der Waals surface area contributed by atoms with Crippen molar-refractivity contribution < 1.29 is 26.4 Å². The van der Waals surface area contributed by atoms with E-state index in [2.05, 4.69) is 15.5 Å². The lowest BCUT2D eigenvalue weighted by atomic mass is 9.99. The van der Waals surface area contributed by atoms with E-state index in [1.54, 1.807) is 6.07 Å². The van der Waals surface area contributed by atoms with Crippen molar-refractivity contribution in [3.8, 4) is 0 Å². The van der Waals surface area contributed by atoms with Gasteiger partial charge in [0.1, 0.15) is 27.4 Å². The number of carbonyl (C=O) groups is 1. The smallest absolute Gasteiger partial charge is 0.286 e. The molecule has 0 atom stereocenters. The molecule has 1 aromatic heterocycles. The molecule has 0 aliphatic carbocycles. The largest absolute Gasteiger partial charge is 0.317 e. The van der Waals surface area contributed by atoms with Gasteiger partial charge in [0.25, 0.3) is 5.91 Å². The highest BCUT2D eigenvalue weighted by Gasteiger charge is 2.33. The van der Waals surface area contributed by atoms with E-state index in [-0.39, 0.29) is 29.7 Å². The zero-order chi connectivity index (χ0) is 22.9. The molecule has 0 unspecified atom stereocenters. The van der Waals surface area contributed by atoms with Crippen LogP contribution in [-0.2, 0) is 10.0 Å². The summed E-state index contributed by atoms with van der Waals surface area (Å²) in [5, 5.41) is 10.9. The van der Waals surface area contributed by atoms with E-state index in [9.17, 15) is 26.4 Å². The van der Waals surface area contributed by atoms with Crippen LogP contribution >= 0.6 is 11.3 Å². The average molecular weight is 483 g/mol. The molecule has 12 heteroatoms. The van der Waals surface area contributed by atoms with Crippen LogP contribution < -0.4 is 5.32 Å². The van der Waals surface area contributed by atoms with Gasteiger partial charge in [-0.1, -0.05) is 23.5 Å². The van der Waals surface area contributed by atoms with Gasteiger partial charge in [0.15, 0.2) is 0 Å². The number of benzene rings is 2. The Kier molecular flexibility index (Phi) is 6.26. The topological polar surface area (TPSA) is 92.3 Å². The molecule has 2 heterocycles. The first-order valence-electron chi connectivity index (χ1n) is 9.60. The van der Waals surface area contributed by atoms with Gasteiger partial charge in [0, 0.05) is 19.0 Å². The zero-order valence-corrected chi connectivity index (χ0v) is 18.1. The first-order valence-corrected chi connectivity index (χ1v) is 11.9. The second-order valence-corrected chi connectivity index (χ2v) is 10.0. The van der Waals surface area contributed by atoms with Crippen molar-refractivity contribution in [2.24, 2.45) is 0 Å². The van der Waals surface area contributed by atoms with Crippen LogP contribution in [0.5, 0.6) is 0 Å². The fourth-order valence-corrected chi connectivity index (χ4v) is 5.84. The van der Waals surface area contributed by atoms with Gasteiger partial charge in [-0.3, -0.25) is 4.79 Å². The Morgan fingerprint density at radius 3 is 2.47 bits per heavy atom. The second-order valence-electron chi connectivity index (χ2n) is 7.13. The maximum absolute atomic E-state index is 14.0. The SMILES string of the molecule is O=C(Nc1ccccc1F)c1nnc(C2CCN(S(=O)(=O)c3cc(F)ccc3F)CC2)s1. The van der Waals surface area contributed by atoms with Crippen molar-refractivity contribution in [2.75, 3.05) is 18.4 Å². The van der Waals surface area contributed by atoms with Crippen LogP contribution in [0.25, 0.3) is 0 Å². The van der Waals surface area contributed by atoms with Crippen LogP contribution in [0.1, 0.15) is 33.6 Å². The number of halogens is 3. The summed E-state index contributed by atoms with van der Waals surface area (Å²) in [6, 6.07) is 8.04. The molecule has 1 fully saturated rings. The van der Waals surface area contributed by atoms with Gasteiger partial charge in [-0.25, -0.2) is 21.6 Å². The molecule has 1 saturated heterocycles. The lowest BCUT2D eigenvalue weighted by molar-refractivity contribution is 0.102. The highest BCUT2D eigenvalue weighted by atomic mass is 32.2. The highest BCUT2D eigenvalue weighted by molar-refractivity contribution is 7.89. The van der Waals surface area contributed by atoms with Crippen LogP contribution in [0, 0.1) is 17.5 Å². The van der Waals surface area contributed by atoms with E-state index < -0.39 is 38.3 Å². The molecule has 4 rings (SSSR count). The molecule has 1 aliphatic heterocycles. The van der Waals surface area contributed by atoms with Crippen molar-refractivity contribution >= 4 is 33.0 Å². The Labute approximate surface area is 186 Å². The quantitative estimate of drug-likeness (QED) is 0.598. The number of aromatic nitrogens is 2. The molecule has 0 saturated carbocycles. The number of piperidine rings is 1. The Balaban J connectivity index is 1.42. The van der Waals surface area contributed by atoms with Gasteiger partial charge < -0.3 is 5.32 Å². The first kappa shape index (κ1) is 22.4. The predicted molar refractivity (Wildman–Crippen MR) is 111 cm³/mol. The summed E-state index contributed by atoms with van der Waals surface area (Å²) in [5.41, 5.74) is 0.0253. The van der Waals surface area contributed by atoms with Crippen molar-refractivity contribution in [3.63, 3.8) is 0 Å². The third-order valence-corrected chi connectivity index (χ3v) is 8.07. The highest BCUT2D eigenvalue weighted by Crippen LogP contribution is 2.33. The predicted octanol–water partition coefficient (Wildman–Crippen LogP) is 3.78. The summed E-state index contributed by atoms with van der Waals surface area (Å²) >= 11 is 1.05. The monoisotopic (exact) mass is 482 g/mol. The number of para-hydroxylation sites is 1. The molecular formula is C20H17F3N4O3S2. The molecule has 2 aromatic carbocycles. The Bertz CT molecular complexity index is 1260. The van der Waals surface area contributed by atoms with Crippen LogP contribution in [0.3, 0.4) is 0 Å². The minimum Gasteiger partial charge on any atom is -0.317 e. The second kappa shape index (κ2) is 8.96. The number of nitrogens with one attached hydrogen (secondary N) is 1. The number of amides is 1. The summed E-state index contributed by atoms with van der Waals surface area (Å²) in [4.78, 5) is 11.6. The number of anilines is 1. The van der Waals surface area contributed by atoms with Gasteiger partial charge in [0.05, 0.1) is 5.69 Å². The average Bonchev–Trinajstić information content (AvgIpc) is 3.27. The van der Waals surface area contributed by atoms with Gasteiger partial charge in [-0.15, -0.1) is 10.2 Å². The van der Waals surface area contributed by atoms with Gasteiger partial charge in [-0.05, 0) is 43.2 Å². The molecule has 0 bridgehead atoms. The van der Waals surface area contributed by atoms with Gasteiger partial charge in [0.2, 0.25) is 15.0 Å². The maximum Gasteiger partial charge on any atom is 0.286 e. The van der Waals surface area contributed by atoms with Gasteiger partial charge >= 0.3 is 0 Å². The van der Waals surface area contributed by atoms with Crippen molar-refractivity contribution in [2.45, 2.75) is 23.7 Å². The van der Waals surface area contributed by atoms with Crippen LogP contribution in [0.2, 0.25) is 0 Å². The number of hydrogen-bond donors (Lipinski definition) is 1. The molecule has 7 nitrogen and oxygen atoms in total. The van der Waals surface area contributed by atoms with E-state index in [4.69, 9.17) is 0 Å². The molecule has 1 N–H and O–H groups in total. The molecule has 168 valence electrons. The maximum atomic E-state index is 14.0. The number of rotatable bonds is 5. The Hall–Kier alpha value is -2.83. The molecule has 1 amide bonds. The molecule has 0 spiro atoms. The molecule has 3 aromatic rings. The van der Waals surface area contributed by atoms with E-state index in [1.807, 2.05) is 0 Å². The molecule has 1 aliphatic rings. The fourth-order valence-electron chi connectivity index (χ4n) is 3.39. The minimum absolute atomic E-state index is 0.0253. The lowest BCUT2D eigenvalue weighted by Gasteiger charge is -2.30. The summed E-state index contributed by atoms with van der Waals surface area (Å²) in [7, 11) is -4.18. The third-order valence-electron chi connectivity index (χ3n) is 5.07. The normalized spacial score (nSPS) is 15.6. The van der Waals surface area contributed by atoms with Crippen LogP contribution in [0.15, 0.2) is 47.4 Å². The van der Waals surface area contributed by atoms with Crippen LogP contribution in [0.4, 0.5) is 18.9 Å². The van der Waals surface area contributed by atoms with Crippen molar-refractivity contribution in [1.29, 1.82) is 0 Å². The standard InChI is InChI=1S/C20H17F3N4O3S2/c21-13-5-6-15(23)17(11-13)32(29,30)27-9-7-12(8-10-27)19-25-26-20(31-19)18(28)24-16-4-2-1-3-14(16)22/h1-6,11-12H,7-10H2,(H,24,28). The summed E-state index contributed by atoms with van der Waals surface area (Å²) in [6.07, 6.45) is 0.749. The molecule has 0 radical (unpaired) electrons. The van der Waals surface area contributed by atoms with E-state index in [1.165, 1.54) is 18.2 Å². The molecule has 32 heavy (non-hydrogen) atoms. The first-order chi connectivity index (χ1) is 15.3. The third kappa shape index (κ3) is 4.52. The van der Waals surface area contributed by atoms with E-state index in [0.29, 0.717) is 23.9 Å². The Morgan fingerprint density at radius 1 is 1.03 bits per heavy atom. The van der Waals surface area contributed by atoms with Crippen molar-refractivity contribution in [3.05, 3.63) is 69.9 Å². The summed E-state index contributed by atoms with van der Waals surface area (Å²) in [5.74, 6) is -3.17. The minimum atomic E-state index is -4.18. The van der Waals surface area contributed by atoms with Crippen LogP contribution in [-0.4, -0.2) is 41.9 Å². The van der Waals surface area contributed by atoms with E-state index in [0.717, 1.165) is 27.8 Å². The molecular weight excluding hydrogens is 465 g/mol. The fraction of sp³-hybridized carbons (Fsp3) is 0.250. The summed E-state index contributed by atoms with van der Waals surface area (Å²) in [6.45, 7) is 0.165. The van der Waals surface area contributed by atoms with Gasteiger partial charge in [-0.2, -0.15) is 4.31 Å². The van der Waals surface area contributed by atoms with Crippen molar-refractivity contribution in [1.82, 2.24) is 14.5 Å². The lowest BCUT2D eigenvalue weighted by Crippen LogP contribution is -2.38. The number of sulfonamides is 1.